The Balaban J connectivity index is 1.43. The number of hydrogen-bond acceptors (Lipinski definition) is 2. The quantitative estimate of drug-likeness (QED) is 0.684. The van der Waals surface area contributed by atoms with Gasteiger partial charge in [-0.3, -0.25) is 9.69 Å². The Kier molecular flexibility index (Phi) is 5.21. The average molecular weight is 358 g/mol. The lowest BCUT2D eigenvalue weighted by molar-refractivity contribution is 0.102. The molecule has 4 rings (SSSR count). The van der Waals surface area contributed by atoms with Crippen LogP contribution in [0.4, 0.5) is 5.69 Å². The van der Waals surface area contributed by atoms with Gasteiger partial charge in [0.15, 0.2) is 0 Å². The van der Waals surface area contributed by atoms with Crippen molar-refractivity contribution in [2.24, 2.45) is 5.92 Å². The molecule has 1 N–H and O–H groups in total. The molecule has 27 heavy (non-hydrogen) atoms. The highest BCUT2D eigenvalue weighted by Gasteiger charge is 2.16. The van der Waals surface area contributed by atoms with Crippen LogP contribution in [0, 0.1) is 5.92 Å². The minimum atomic E-state index is -0.0651. The van der Waals surface area contributed by atoms with E-state index < -0.39 is 0 Å². The summed E-state index contributed by atoms with van der Waals surface area (Å²) in [5.74, 6) is 0.783. The van der Waals surface area contributed by atoms with Crippen LogP contribution in [-0.4, -0.2) is 23.9 Å². The van der Waals surface area contributed by atoms with Crippen LogP contribution in [0.15, 0.2) is 66.7 Å². The van der Waals surface area contributed by atoms with Crippen molar-refractivity contribution in [1.82, 2.24) is 4.90 Å². The average Bonchev–Trinajstić information content (AvgIpc) is 2.70. The lowest BCUT2D eigenvalue weighted by Gasteiger charge is -2.30. The Hall–Kier alpha value is -2.65. The molecule has 0 aromatic heterocycles. The van der Waals surface area contributed by atoms with Gasteiger partial charge >= 0.3 is 0 Å². The summed E-state index contributed by atoms with van der Waals surface area (Å²) >= 11 is 0. The summed E-state index contributed by atoms with van der Waals surface area (Å²) < 4.78 is 0. The minimum absolute atomic E-state index is 0.0651. The Morgan fingerprint density at radius 1 is 0.963 bits per heavy atom. The monoisotopic (exact) mass is 358 g/mol. The van der Waals surface area contributed by atoms with Crippen molar-refractivity contribution in [2.45, 2.75) is 26.3 Å². The van der Waals surface area contributed by atoms with Crippen molar-refractivity contribution in [1.29, 1.82) is 0 Å². The molecule has 0 radical (unpaired) electrons. The summed E-state index contributed by atoms with van der Waals surface area (Å²) in [4.78, 5) is 15.2. The Bertz CT molecular complexity index is 919. The van der Waals surface area contributed by atoms with Gasteiger partial charge in [-0.05, 0) is 61.0 Å². The number of hydrogen-bond donors (Lipinski definition) is 1. The fourth-order valence-electron chi connectivity index (χ4n) is 3.77. The number of carbonyl (C=O) groups excluding carboxylic acids is 1. The maximum Gasteiger partial charge on any atom is 0.255 e. The number of carbonyl (C=O) groups is 1. The van der Waals surface area contributed by atoms with E-state index in [-0.39, 0.29) is 5.91 Å². The SMILES string of the molecule is CC1CCN(Cc2ccc(C(=O)Nc3cccc4ccccc34)cc2)CC1. The number of amides is 1. The number of fused-ring (bicyclic) bond motifs is 1. The number of piperidine rings is 1. The van der Waals surface area contributed by atoms with E-state index in [0.29, 0.717) is 5.56 Å². The molecular formula is C24H26N2O. The Morgan fingerprint density at radius 2 is 1.67 bits per heavy atom. The van der Waals surface area contributed by atoms with Crippen molar-refractivity contribution < 1.29 is 4.79 Å². The van der Waals surface area contributed by atoms with Crippen molar-refractivity contribution in [3.8, 4) is 0 Å². The first-order valence-corrected chi connectivity index (χ1v) is 9.79. The largest absolute Gasteiger partial charge is 0.321 e. The second kappa shape index (κ2) is 7.93. The van der Waals surface area contributed by atoms with E-state index in [9.17, 15) is 4.79 Å². The molecule has 0 atom stereocenters. The molecule has 3 aromatic carbocycles. The van der Waals surface area contributed by atoms with Gasteiger partial charge in [-0.2, -0.15) is 0 Å². The number of benzene rings is 3. The van der Waals surface area contributed by atoms with E-state index in [2.05, 4.69) is 41.4 Å². The number of nitrogens with zero attached hydrogens (tertiary/aromatic N) is 1. The van der Waals surface area contributed by atoms with E-state index in [1.54, 1.807) is 0 Å². The lowest BCUT2D eigenvalue weighted by Crippen LogP contribution is -2.32. The molecule has 138 valence electrons. The van der Waals surface area contributed by atoms with E-state index in [4.69, 9.17) is 0 Å². The third-order valence-electron chi connectivity index (χ3n) is 5.54. The van der Waals surface area contributed by atoms with Gasteiger partial charge in [-0.1, -0.05) is 55.5 Å². The van der Waals surface area contributed by atoms with Crippen LogP contribution in [0.1, 0.15) is 35.7 Å². The summed E-state index contributed by atoms with van der Waals surface area (Å²) in [6.07, 6.45) is 2.57. The third-order valence-corrected chi connectivity index (χ3v) is 5.54. The summed E-state index contributed by atoms with van der Waals surface area (Å²) in [5.41, 5.74) is 2.81. The highest BCUT2D eigenvalue weighted by Crippen LogP contribution is 2.24. The molecule has 1 fully saturated rings. The fourth-order valence-corrected chi connectivity index (χ4v) is 3.77. The highest BCUT2D eigenvalue weighted by molar-refractivity contribution is 6.09. The van der Waals surface area contributed by atoms with Crippen molar-refractivity contribution >= 4 is 22.4 Å². The maximum atomic E-state index is 12.7. The molecule has 0 spiro atoms. The van der Waals surface area contributed by atoms with Gasteiger partial charge in [-0.25, -0.2) is 0 Å². The molecule has 1 aliphatic rings. The normalized spacial score (nSPS) is 15.7. The number of likely N-dealkylation sites (tertiary alicyclic amines) is 1. The third kappa shape index (κ3) is 4.20. The summed E-state index contributed by atoms with van der Waals surface area (Å²) in [5, 5.41) is 5.24. The lowest BCUT2D eigenvalue weighted by atomic mass is 9.99. The topological polar surface area (TPSA) is 32.3 Å². The van der Waals surface area contributed by atoms with Crippen LogP contribution in [-0.2, 0) is 6.54 Å². The molecular weight excluding hydrogens is 332 g/mol. The summed E-state index contributed by atoms with van der Waals surface area (Å²) in [6, 6.07) is 22.1. The van der Waals surface area contributed by atoms with Gasteiger partial charge in [0.05, 0.1) is 0 Å². The van der Waals surface area contributed by atoms with Gasteiger partial charge in [0.25, 0.3) is 5.91 Å². The van der Waals surface area contributed by atoms with Gasteiger partial charge in [0.2, 0.25) is 0 Å². The fraction of sp³-hybridized carbons (Fsp3) is 0.292. The standard InChI is InChI=1S/C24H26N2O/c1-18-13-15-26(16-14-18)17-19-9-11-21(12-10-19)24(27)25-23-8-4-6-20-5-2-3-7-22(20)23/h2-12,18H,13-17H2,1H3,(H,25,27). The summed E-state index contributed by atoms with van der Waals surface area (Å²) in [6.45, 7) is 5.65. The smallest absolute Gasteiger partial charge is 0.255 e. The highest BCUT2D eigenvalue weighted by atomic mass is 16.1. The van der Waals surface area contributed by atoms with Gasteiger partial charge < -0.3 is 5.32 Å². The zero-order valence-corrected chi connectivity index (χ0v) is 15.8. The molecule has 0 aliphatic carbocycles. The first kappa shape index (κ1) is 17.7. The number of anilines is 1. The molecule has 0 saturated carbocycles. The van der Waals surface area contributed by atoms with Crippen molar-refractivity contribution in [3.63, 3.8) is 0 Å². The Morgan fingerprint density at radius 3 is 2.44 bits per heavy atom. The summed E-state index contributed by atoms with van der Waals surface area (Å²) in [7, 11) is 0. The van der Waals surface area contributed by atoms with Crippen LogP contribution in [0.3, 0.4) is 0 Å². The van der Waals surface area contributed by atoms with E-state index in [0.717, 1.165) is 28.9 Å². The van der Waals surface area contributed by atoms with Crippen molar-refractivity contribution in [3.05, 3.63) is 77.9 Å². The molecule has 3 heteroatoms. The first-order valence-electron chi connectivity index (χ1n) is 9.79. The molecule has 3 nitrogen and oxygen atoms in total. The van der Waals surface area contributed by atoms with E-state index in [1.807, 2.05) is 42.5 Å². The van der Waals surface area contributed by atoms with Crippen LogP contribution < -0.4 is 5.32 Å². The molecule has 1 aliphatic heterocycles. The van der Waals surface area contributed by atoms with Crippen LogP contribution >= 0.6 is 0 Å². The number of rotatable bonds is 4. The first-order chi connectivity index (χ1) is 13.2. The predicted molar refractivity (Wildman–Crippen MR) is 112 cm³/mol. The number of nitrogens with one attached hydrogen (secondary N) is 1. The molecule has 1 amide bonds. The van der Waals surface area contributed by atoms with E-state index >= 15 is 0 Å². The molecule has 0 unspecified atom stereocenters. The minimum Gasteiger partial charge on any atom is -0.321 e. The second-order valence-electron chi connectivity index (χ2n) is 7.64. The van der Waals surface area contributed by atoms with Crippen molar-refractivity contribution in [2.75, 3.05) is 18.4 Å². The van der Waals surface area contributed by atoms with Crippen LogP contribution in [0.5, 0.6) is 0 Å². The zero-order chi connectivity index (χ0) is 18.6. The predicted octanol–water partition coefficient (Wildman–Crippen LogP) is 5.32. The zero-order valence-electron chi connectivity index (χ0n) is 15.8. The molecule has 0 bridgehead atoms. The van der Waals surface area contributed by atoms with Crippen LogP contribution in [0.25, 0.3) is 10.8 Å². The molecule has 3 aromatic rings. The molecule has 1 saturated heterocycles. The second-order valence-corrected chi connectivity index (χ2v) is 7.64. The van der Waals surface area contributed by atoms with Gasteiger partial charge in [0.1, 0.15) is 0 Å². The Labute approximate surface area is 161 Å². The van der Waals surface area contributed by atoms with Crippen LogP contribution in [0.2, 0.25) is 0 Å². The van der Waals surface area contributed by atoms with Gasteiger partial charge in [-0.15, -0.1) is 0 Å². The molecule has 1 heterocycles. The van der Waals surface area contributed by atoms with E-state index in [1.165, 1.54) is 31.5 Å². The maximum absolute atomic E-state index is 12.7. The van der Waals surface area contributed by atoms with Gasteiger partial charge in [0, 0.05) is 23.2 Å².